The SMILES string of the molecule is COc1cc([N+](=O)[O-])ccc1NC(=S)NNC(=O)Cc1c(F)cccc1Cl. The highest BCUT2D eigenvalue weighted by atomic mass is 35.5. The summed E-state index contributed by atoms with van der Waals surface area (Å²) in [7, 11) is 1.35. The van der Waals surface area contributed by atoms with Crippen LogP contribution in [0.15, 0.2) is 36.4 Å². The van der Waals surface area contributed by atoms with Gasteiger partial charge in [0.1, 0.15) is 11.6 Å². The van der Waals surface area contributed by atoms with Crippen molar-refractivity contribution in [3.63, 3.8) is 0 Å². The smallest absolute Gasteiger partial charge is 0.273 e. The average molecular weight is 413 g/mol. The van der Waals surface area contributed by atoms with Crippen molar-refractivity contribution in [3.05, 3.63) is 62.9 Å². The highest BCUT2D eigenvalue weighted by molar-refractivity contribution is 7.80. The number of rotatable bonds is 5. The Bertz CT molecular complexity index is 876. The van der Waals surface area contributed by atoms with Gasteiger partial charge in [-0.25, -0.2) is 4.39 Å². The van der Waals surface area contributed by atoms with Crippen LogP contribution in [-0.4, -0.2) is 23.1 Å². The number of carbonyl (C=O) groups is 1. The molecule has 0 saturated carbocycles. The molecule has 0 aliphatic carbocycles. The maximum absolute atomic E-state index is 13.7. The number of nitro groups is 1. The van der Waals surface area contributed by atoms with Gasteiger partial charge < -0.3 is 10.1 Å². The number of methoxy groups -OCH3 is 1. The highest BCUT2D eigenvalue weighted by Gasteiger charge is 2.14. The third-order valence-electron chi connectivity index (χ3n) is 3.36. The van der Waals surface area contributed by atoms with Crippen LogP contribution < -0.4 is 20.9 Å². The number of hydrogen-bond acceptors (Lipinski definition) is 5. The normalized spacial score (nSPS) is 10.0. The van der Waals surface area contributed by atoms with Gasteiger partial charge in [-0.05, 0) is 30.4 Å². The second kappa shape index (κ2) is 9.10. The molecular formula is C16H14ClFN4O4S. The lowest BCUT2D eigenvalue weighted by molar-refractivity contribution is -0.384. The Kier molecular flexibility index (Phi) is 6.85. The molecule has 27 heavy (non-hydrogen) atoms. The lowest BCUT2D eigenvalue weighted by atomic mass is 10.1. The molecule has 0 radical (unpaired) electrons. The van der Waals surface area contributed by atoms with Crippen molar-refractivity contribution < 1.29 is 18.8 Å². The Hall–Kier alpha value is -2.98. The first-order valence-corrected chi connectivity index (χ1v) is 8.21. The summed E-state index contributed by atoms with van der Waals surface area (Å²) in [5.41, 5.74) is 5.02. The third-order valence-corrected chi connectivity index (χ3v) is 3.92. The van der Waals surface area contributed by atoms with Crippen LogP contribution in [0.3, 0.4) is 0 Å². The van der Waals surface area contributed by atoms with Crippen LogP contribution in [0.4, 0.5) is 15.8 Å². The predicted molar refractivity (Wildman–Crippen MR) is 102 cm³/mol. The van der Waals surface area contributed by atoms with Gasteiger partial charge in [0.2, 0.25) is 5.91 Å². The molecule has 3 N–H and O–H groups in total. The quantitative estimate of drug-likeness (QED) is 0.394. The number of ether oxygens (including phenoxy) is 1. The van der Waals surface area contributed by atoms with E-state index < -0.39 is 16.6 Å². The first-order chi connectivity index (χ1) is 12.8. The van der Waals surface area contributed by atoms with Gasteiger partial charge in [-0.15, -0.1) is 0 Å². The number of amides is 1. The van der Waals surface area contributed by atoms with E-state index in [1.54, 1.807) is 0 Å². The molecule has 0 spiro atoms. The van der Waals surface area contributed by atoms with Crippen molar-refractivity contribution in [1.82, 2.24) is 10.9 Å². The molecule has 2 aromatic rings. The molecule has 0 unspecified atom stereocenters. The van der Waals surface area contributed by atoms with Gasteiger partial charge >= 0.3 is 0 Å². The van der Waals surface area contributed by atoms with Crippen molar-refractivity contribution in [2.75, 3.05) is 12.4 Å². The van der Waals surface area contributed by atoms with Crippen LogP contribution in [0.2, 0.25) is 5.02 Å². The standard InChI is InChI=1S/C16H14ClFN4O4S/c1-26-14-7-9(22(24)25)5-6-13(14)19-16(27)21-20-15(23)8-10-11(17)3-2-4-12(10)18/h2-7H,8H2,1H3,(H,20,23)(H2,19,21,27). The maximum atomic E-state index is 13.7. The molecule has 0 fully saturated rings. The molecule has 0 bridgehead atoms. The molecule has 1 amide bonds. The number of thiocarbonyl (C=S) groups is 1. The van der Waals surface area contributed by atoms with Crippen molar-refractivity contribution in [2.24, 2.45) is 0 Å². The van der Waals surface area contributed by atoms with Gasteiger partial charge in [0.25, 0.3) is 5.69 Å². The summed E-state index contributed by atoms with van der Waals surface area (Å²) < 4.78 is 18.8. The molecule has 2 aromatic carbocycles. The monoisotopic (exact) mass is 412 g/mol. The fourth-order valence-corrected chi connectivity index (χ4v) is 2.47. The number of nitrogens with one attached hydrogen (secondary N) is 3. The van der Waals surface area contributed by atoms with Gasteiger partial charge in [-0.1, -0.05) is 17.7 Å². The van der Waals surface area contributed by atoms with Gasteiger partial charge in [0.15, 0.2) is 5.11 Å². The lowest BCUT2D eigenvalue weighted by Crippen LogP contribution is -2.44. The van der Waals surface area contributed by atoms with Crippen LogP contribution in [0.25, 0.3) is 0 Å². The molecule has 0 aliphatic rings. The molecule has 0 atom stereocenters. The number of halogens is 2. The first kappa shape index (κ1) is 20.3. The number of nitro benzene ring substituents is 1. The summed E-state index contributed by atoms with van der Waals surface area (Å²) in [4.78, 5) is 22.2. The third kappa shape index (κ3) is 5.50. The molecule has 2 rings (SSSR count). The van der Waals surface area contributed by atoms with E-state index in [0.717, 1.165) is 0 Å². The second-order valence-corrected chi connectivity index (χ2v) is 5.96. The fraction of sp³-hybridized carbons (Fsp3) is 0.125. The summed E-state index contributed by atoms with van der Waals surface area (Å²) >= 11 is 10.9. The van der Waals surface area contributed by atoms with E-state index in [0.29, 0.717) is 5.69 Å². The van der Waals surface area contributed by atoms with Crippen molar-refractivity contribution in [1.29, 1.82) is 0 Å². The van der Waals surface area contributed by atoms with Gasteiger partial charge in [0, 0.05) is 16.7 Å². The number of carbonyl (C=O) groups excluding carboxylic acids is 1. The van der Waals surface area contributed by atoms with Gasteiger partial charge in [-0.2, -0.15) is 0 Å². The Labute approximate surface area is 163 Å². The highest BCUT2D eigenvalue weighted by Crippen LogP contribution is 2.28. The zero-order valence-corrected chi connectivity index (χ0v) is 15.5. The van der Waals surface area contributed by atoms with Crippen LogP contribution in [0, 0.1) is 15.9 Å². The Morgan fingerprint density at radius 2 is 2.07 bits per heavy atom. The number of nitrogens with zero attached hydrogens (tertiary/aromatic N) is 1. The van der Waals surface area contributed by atoms with Crippen LogP contribution in [0.5, 0.6) is 5.75 Å². The second-order valence-electron chi connectivity index (χ2n) is 5.15. The summed E-state index contributed by atoms with van der Waals surface area (Å²) in [5.74, 6) is -0.964. The van der Waals surface area contributed by atoms with E-state index in [9.17, 15) is 19.3 Å². The van der Waals surface area contributed by atoms with Crippen LogP contribution in [0.1, 0.15) is 5.56 Å². The number of anilines is 1. The summed E-state index contributed by atoms with van der Waals surface area (Å²) in [6, 6.07) is 8.03. The molecule has 0 heterocycles. The summed E-state index contributed by atoms with van der Waals surface area (Å²) in [6.07, 6.45) is -0.290. The summed E-state index contributed by atoms with van der Waals surface area (Å²) in [6.45, 7) is 0. The molecular weight excluding hydrogens is 399 g/mol. The minimum absolute atomic E-state index is 0.00451. The lowest BCUT2D eigenvalue weighted by Gasteiger charge is -2.14. The first-order valence-electron chi connectivity index (χ1n) is 7.43. The number of hydrogen-bond donors (Lipinski definition) is 3. The Morgan fingerprint density at radius 3 is 2.70 bits per heavy atom. The average Bonchev–Trinajstić information content (AvgIpc) is 2.63. The van der Waals surface area contributed by atoms with E-state index >= 15 is 0 Å². The van der Waals surface area contributed by atoms with Gasteiger partial charge in [-0.3, -0.25) is 25.8 Å². The molecule has 0 aromatic heterocycles. The van der Waals surface area contributed by atoms with E-state index in [4.69, 9.17) is 28.6 Å². The number of non-ortho nitro benzene ring substituents is 1. The Balaban J connectivity index is 1.94. The number of hydrazine groups is 1. The largest absolute Gasteiger partial charge is 0.494 e. The molecule has 0 saturated heterocycles. The van der Waals surface area contributed by atoms with E-state index in [1.807, 2.05) is 0 Å². The molecule has 0 aliphatic heterocycles. The fourth-order valence-electron chi connectivity index (χ4n) is 2.08. The van der Waals surface area contributed by atoms with Crippen molar-refractivity contribution in [2.45, 2.75) is 6.42 Å². The van der Waals surface area contributed by atoms with E-state index in [2.05, 4.69) is 16.2 Å². The predicted octanol–water partition coefficient (Wildman–Crippen LogP) is 2.96. The van der Waals surface area contributed by atoms with Crippen molar-refractivity contribution >= 4 is 46.2 Å². The molecule has 142 valence electrons. The van der Waals surface area contributed by atoms with E-state index in [1.165, 1.54) is 43.5 Å². The minimum atomic E-state index is -0.589. The minimum Gasteiger partial charge on any atom is -0.494 e. The number of benzene rings is 2. The Morgan fingerprint density at radius 1 is 1.33 bits per heavy atom. The topological polar surface area (TPSA) is 106 Å². The van der Waals surface area contributed by atoms with Gasteiger partial charge in [0.05, 0.1) is 30.2 Å². The van der Waals surface area contributed by atoms with Crippen LogP contribution in [-0.2, 0) is 11.2 Å². The van der Waals surface area contributed by atoms with Crippen molar-refractivity contribution in [3.8, 4) is 5.75 Å². The zero-order valence-electron chi connectivity index (χ0n) is 13.9. The van der Waals surface area contributed by atoms with Crippen LogP contribution >= 0.6 is 23.8 Å². The summed E-state index contributed by atoms with van der Waals surface area (Å²) in [5, 5.41) is 13.6. The zero-order chi connectivity index (χ0) is 20.0. The van der Waals surface area contributed by atoms with E-state index in [-0.39, 0.29) is 33.6 Å². The molecule has 8 nitrogen and oxygen atoms in total. The maximum Gasteiger partial charge on any atom is 0.273 e. The molecule has 11 heteroatoms.